The van der Waals surface area contributed by atoms with E-state index in [2.05, 4.69) is 16.0 Å². The van der Waals surface area contributed by atoms with Crippen molar-refractivity contribution in [2.45, 2.75) is 76.2 Å². The van der Waals surface area contributed by atoms with Crippen LogP contribution in [0.3, 0.4) is 0 Å². The monoisotopic (exact) mass is 816 g/mol. The summed E-state index contributed by atoms with van der Waals surface area (Å²) >= 11 is 0. The topological polar surface area (TPSA) is 176 Å². The van der Waals surface area contributed by atoms with Gasteiger partial charge < -0.3 is 10.6 Å². The second kappa shape index (κ2) is 15.6. The molecule has 0 aromatic heterocycles. The van der Waals surface area contributed by atoms with Crippen molar-refractivity contribution in [2.75, 3.05) is 32.7 Å². The van der Waals surface area contributed by atoms with E-state index >= 15 is 33.7 Å². The number of sulfone groups is 3. The molecule has 292 valence electrons. The Morgan fingerprint density at radius 1 is 0.537 bits per heavy atom. The molecule has 0 bridgehead atoms. The molecule has 3 N–H and O–H groups in total. The van der Waals surface area contributed by atoms with Crippen LogP contribution in [0.2, 0.25) is 0 Å². The first-order chi connectivity index (χ1) is 25.2. The molecule has 5 rings (SSSR count). The number of hydrogen-bond acceptors (Lipinski definition) is 11. The van der Waals surface area contributed by atoms with Gasteiger partial charge in [-0.25, -0.2) is 33.7 Å². The smallest absolute Gasteiger partial charge is 0.266 e. The first-order valence-corrected chi connectivity index (χ1v) is 23.3. The molecule has 1 saturated heterocycles. The lowest BCUT2D eigenvalue weighted by atomic mass is 10.2. The predicted molar refractivity (Wildman–Crippen MR) is 210 cm³/mol. The summed E-state index contributed by atoms with van der Waals surface area (Å²) in [5.41, 5.74) is 2.67. The highest BCUT2D eigenvalue weighted by Crippen LogP contribution is 2.51. The summed E-state index contributed by atoms with van der Waals surface area (Å²) in [4.78, 5) is -5.24. The molecule has 1 aliphatic heterocycles. The first-order valence-electron chi connectivity index (χ1n) is 17.5. The van der Waals surface area contributed by atoms with E-state index in [-0.39, 0.29) is 11.4 Å². The minimum Gasteiger partial charge on any atom is -0.314 e. The Balaban J connectivity index is 2.09. The maximum atomic E-state index is 15.9. The zero-order valence-electron chi connectivity index (χ0n) is 31.2. The lowest BCUT2D eigenvalue weighted by molar-refractivity contribution is 0.229. The quantitative estimate of drug-likeness (QED) is 0.236. The van der Waals surface area contributed by atoms with Gasteiger partial charge in [-0.3, -0.25) is 5.32 Å². The Morgan fingerprint density at radius 3 is 1.31 bits per heavy atom. The summed E-state index contributed by atoms with van der Waals surface area (Å²) in [6.07, 6.45) is 0. The van der Waals surface area contributed by atoms with Gasteiger partial charge in [0.1, 0.15) is 0 Å². The van der Waals surface area contributed by atoms with E-state index in [1.807, 2.05) is 0 Å². The summed E-state index contributed by atoms with van der Waals surface area (Å²) in [6.45, 7) is 8.98. The Kier molecular flexibility index (Phi) is 12.0. The third-order valence-corrected chi connectivity index (χ3v) is 20.4. The number of nitrogens with one attached hydrogen (secondary N) is 3. The van der Waals surface area contributed by atoms with Crippen molar-refractivity contribution in [3.05, 3.63) is 119 Å². The Bertz CT molecular complexity index is 2330. The Labute approximate surface area is 320 Å². The van der Waals surface area contributed by atoms with Crippen molar-refractivity contribution in [3.8, 4) is 0 Å². The molecule has 1 aliphatic rings. The molecular weight excluding hydrogens is 769 g/mol. The molecule has 1 heterocycles. The minimum absolute atomic E-state index is 0.161. The van der Waals surface area contributed by atoms with Gasteiger partial charge in [0.25, 0.3) is 4.20 Å². The first kappa shape index (κ1) is 41.7. The van der Waals surface area contributed by atoms with Crippen LogP contribution in [0.5, 0.6) is 0 Å². The summed E-state index contributed by atoms with van der Waals surface area (Å²) in [6, 6.07) is 21.1. The predicted octanol–water partition coefficient (Wildman–Crippen LogP) is 3.87. The molecule has 4 aromatic rings. The molecule has 0 aliphatic carbocycles. The van der Waals surface area contributed by atoms with Crippen molar-refractivity contribution in [3.63, 3.8) is 0 Å². The fraction of sp³-hybridized carbons (Fsp3) is 0.368. The molecule has 12 nitrogen and oxygen atoms in total. The SMILES string of the molecule is Cc1ccc(S(=O)(=O)N2CCNCCNC(C)CNC(S(=O)(=O)c3ccc(C)cc3)(S(=O)(=O)c3ccc(C)cc3)C2(C)S(=O)(=O)c2ccc(C)cc2)cc1. The van der Waals surface area contributed by atoms with Gasteiger partial charge in [-0.15, -0.1) is 0 Å². The van der Waals surface area contributed by atoms with Crippen LogP contribution in [0, 0.1) is 27.7 Å². The van der Waals surface area contributed by atoms with Crippen LogP contribution < -0.4 is 16.0 Å². The van der Waals surface area contributed by atoms with Crippen molar-refractivity contribution < 1.29 is 33.7 Å². The van der Waals surface area contributed by atoms with E-state index in [4.69, 9.17) is 0 Å². The third kappa shape index (κ3) is 7.18. The van der Waals surface area contributed by atoms with Crippen LogP contribution in [0.25, 0.3) is 0 Å². The Hall–Kier alpha value is -3.48. The molecule has 1 fully saturated rings. The van der Waals surface area contributed by atoms with Gasteiger partial charge in [0.2, 0.25) is 39.5 Å². The second-order valence-electron chi connectivity index (χ2n) is 13.9. The average Bonchev–Trinajstić information content (AvgIpc) is 3.11. The van der Waals surface area contributed by atoms with Crippen molar-refractivity contribution in [1.82, 2.24) is 20.3 Å². The molecule has 0 amide bonds. The van der Waals surface area contributed by atoms with Gasteiger partial charge in [0.05, 0.1) is 19.6 Å². The van der Waals surface area contributed by atoms with Crippen LogP contribution in [0.4, 0.5) is 0 Å². The lowest BCUT2D eigenvalue weighted by Gasteiger charge is -2.51. The van der Waals surface area contributed by atoms with Crippen molar-refractivity contribution in [2.24, 2.45) is 0 Å². The van der Waals surface area contributed by atoms with Crippen molar-refractivity contribution >= 4 is 39.5 Å². The summed E-state index contributed by atoms with van der Waals surface area (Å²) < 4.78 is 123. The molecule has 0 saturated carbocycles. The van der Waals surface area contributed by atoms with Gasteiger partial charge >= 0.3 is 0 Å². The molecule has 2 unspecified atom stereocenters. The number of aryl methyl sites for hydroxylation is 4. The highest BCUT2D eigenvalue weighted by molar-refractivity contribution is 8.12. The number of sulfonamides is 1. The Morgan fingerprint density at radius 2 is 0.907 bits per heavy atom. The van der Waals surface area contributed by atoms with Crippen LogP contribution in [0.15, 0.2) is 117 Å². The molecular formula is C38H48N4O8S4. The van der Waals surface area contributed by atoms with Crippen LogP contribution in [-0.4, -0.2) is 85.8 Å². The average molecular weight is 817 g/mol. The summed E-state index contributed by atoms with van der Waals surface area (Å²) in [7, 11) is -21.4. The maximum absolute atomic E-state index is 15.9. The molecule has 54 heavy (non-hydrogen) atoms. The maximum Gasteiger partial charge on any atom is 0.266 e. The molecule has 0 radical (unpaired) electrons. The fourth-order valence-electron chi connectivity index (χ4n) is 6.66. The number of rotatable bonds is 8. The van der Waals surface area contributed by atoms with Gasteiger partial charge in [-0.05, 0) is 90.1 Å². The van der Waals surface area contributed by atoms with Crippen LogP contribution in [-0.2, 0) is 39.5 Å². The molecule has 16 heteroatoms. The standard InChI is InChI=1S/C38H48N4O8S4/c1-28-7-15-33(16-8-28)51(43,44)37(6)38(52(45,46)34-17-9-29(2)10-18-34,53(47,48)35-19-11-30(3)12-20-35)41-27-32(5)40-24-23-39-25-26-42(37)54(49,50)36-21-13-31(4)14-22-36/h7-22,32,39-41H,23-27H2,1-6H3. The van der Waals surface area contributed by atoms with Gasteiger partial charge in [-0.1, -0.05) is 70.8 Å². The lowest BCUT2D eigenvalue weighted by Crippen LogP contribution is -2.79. The van der Waals surface area contributed by atoms with E-state index in [0.29, 0.717) is 39.6 Å². The van der Waals surface area contributed by atoms with Crippen LogP contribution >= 0.6 is 0 Å². The highest BCUT2D eigenvalue weighted by Gasteiger charge is 2.76. The number of benzene rings is 4. The van der Waals surface area contributed by atoms with E-state index < -0.39 is 82.4 Å². The van der Waals surface area contributed by atoms with E-state index in [9.17, 15) is 0 Å². The van der Waals surface area contributed by atoms with Crippen molar-refractivity contribution in [1.29, 1.82) is 0 Å². The zero-order valence-corrected chi connectivity index (χ0v) is 34.5. The summed E-state index contributed by atoms with van der Waals surface area (Å²) in [5, 5.41) is 9.14. The fourth-order valence-corrected chi connectivity index (χ4v) is 17.2. The second-order valence-corrected chi connectivity index (χ2v) is 22.5. The normalized spacial score (nSPS) is 21.1. The highest BCUT2D eigenvalue weighted by atomic mass is 32.3. The minimum atomic E-state index is -5.49. The van der Waals surface area contributed by atoms with Gasteiger partial charge in [-0.2, -0.15) is 4.31 Å². The number of nitrogens with zero attached hydrogens (tertiary/aromatic N) is 1. The molecule has 4 aromatic carbocycles. The number of hydrogen-bond donors (Lipinski definition) is 3. The van der Waals surface area contributed by atoms with Crippen LogP contribution in [0.1, 0.15) is 36.1 Å². The summed E-state index contributed by atoms with van der Waals surface area (Å²) in [5.74, 6) is 0. The third-order valence-electron chi connectivity index (χ3n) is 9.90. The zero-order chi connectivity index (χ0) is 39.7. The van der Waals surface area contributed by atoms with E-state index in [0.717, 1.165) is 6.92 Å². The van der Waals surface area contributed by atoms with Gasteiger partial charge in [0, 0.05) is 38.8 Å². The van der Waals surface area contributed by atoms with E-state index in [1.54, 1.807) is 34.6 Å². The largest absolute Gasteiger partial charge is 0.314 e. The molecule has 2 atom stereocenters. The van der Waals surface area contributed by atoms with Gasteiger partial charge in [0.15, 0.2) is 4.87 Å². The molecule has 0 spiro atoms. The van der Waals surface area contributed by atoms with E-state index in [1.165, 1.54) is 97.1 Å².